The van der Waals surface area contributed by atoms with Gasteiger partial charge in [0, 0.05) is 44.1 Å². The van der Waals surface area contributed by atoms with Gasteiger partial charge in [-0.1, -0.05) is 0 Å². The number of anilines is 1. The van der Waals surface area contributed by atoms with Crippen LogP contribution in [0.1, 0.15) is 19.3 Å². The number of piperidine rings is 1. The normalized spacial score (nSPS) is 20.2. The van der Waals surface area contributed by atoms with Crippen LogP contribution in [-0.2, 0) is 4.79 Å². The molecule has 7 heteroatoms. The lowest BCUT2D eigenvalue weighted by Crippen LogP contribution is -2.41. The molecule has 0 spiro atoms. The molecule has 0 unspecified atom stereocenters. The molecular formula is C15H21FN4OS. The molecule has 0 N–H and O–H groups in total. The molecule has 3 rings (SSSR count). The molecular weight excluding hydrogens is 303 g/mol. The third-order valence-corrected chi connectivity index (χ3v) is 5.27. The van der Waals surface area contributed by atoms with E-state index in [0.717, 1.165) is 50.5 Å². The van der Waals surface area contributed by atoms with Crippen molar-refractivity contribution >= 4 is 23.6 Å². The average molecular weight is 324 g/mol. The van der Waals surface area contributed by atoms with Crippen LogP contribution in [0.2, 0.25) is 0 Å². The molecule has 22 heavy (non-hydrogen) atoms. The summed E-state index contributed by atoms with van der Waals surface area (Å²) in [6, 6.07) is 0. The predicted octanol–water partition coefficient (Wildman–Crippen LogP) is 1.80. The van der Waals surface area contributed by atoms with Crippen LogP contribution in [0.15, 0.2) is 12.4 Å². The molecule has 1 amide bonds. The second kappa shape index (κ2) is 7.26. The van der Waals surface area contributed by atoms with Gasteiger partial charge in [-0.25, -0.2) is 14.4 Å². The number of carbonyl (C=O) groups excluding carboxylic acids is 1. The summed E-state index contributed by atoms with van der Waals surface area (Å²) in [7, 11) is 0. The number of hydrogen-bond acceptors (Lipinski definition) is 5. The molecule has 5 nitrogen and oxygen atoms in total. The Labute approximate surface area is 134 Å². The maximum atomic E-state index is 12.8. The summed E-state index contributed by atoms with van der Waals surface area (Å²) in [5.41, 5.74) is 0. The lowest BCUT2D eigenvalue weighted by Gasteiger charge is -2.33. The molecule has 2 aliphatic heterocycles. The number of carbonyl (C=O) groups is 1. The van der Waals surface area contributed by atoms with E-state index < -0.39 is 5.82 Å². The van der Waals surface area contributed by atoms with Gasteiger partial charge in [-0.3, -0.25) is 4.79 Å². The Balaban J connectivity index is 1.47. The van der Waals surface area contributed by atoms with Gasteiger partial charge in [-0.2, -0.15) is 11.8 Å². The Kier molecular flexibility index (Phi) is 5.12. The van der Waals surface area contributed by atoms with E-state index in [1.165, 1.54) is 12.4 Å². The van der Waals surface area contributed by atoms with Crippen LogP contribution >= 0.6 is 11.8 Å². The molecule has 2 fully saturated rings. The monoisotopic (exact) mass is 324 g/mol. The van der Waals surface area contributed by atoms with Crippen molar-refractivity contribution in [2.24, 2.45) is 5.92 Å². The second-order valence-electron chi connectivity index (χ2n) is 5.83. The first-order valence-corrected chi connectivity index (χ1v) is 8.96. The van der Waals surface area contributed by atoms with Crippen LogP contribution in [0.5, 0.6) is 0 Å². The number of aromatic nitrogens is 2. The smallest absolute Gasteiger partial charge is 0.225 e. The topological polar surface area (TPSA) is 49.3 Å². The highest BCUT2D eigenvalue weighted by atomic mass is 32.2. The highest BCUT2D eigenvalue weighted by Crippen LogP contribution is 2.24. The van der Waals surface area contributed by atoms with E-state index in [1.807, 2.05) is 16.7 Å². The maximum Gasteiger partial charge on any atom is 0.225 e. The van der Waals surface area contributed by atoms with Gasteiger partial charge < -0.3 is 9.80 Å². The van der Waals surface area contributed by atoms with Gasteiger partial charge in [0.1, 0.15) is 0 Å². The van der Waals surface area contributed by atoms with E-state index in [2.05, 4.69) is 14.9 Å². The van der Waals surface area contributed by atoms with Gasteiger partial charge in [0.05, 0.1) is 12.4 Å². The minimum absolute atomic E-state index is 0.303. The molecule has 2 aliphatic rings. The van der Waals surface area contributed by atoms with Crippen LogP contribution in [0.4, 0.5) is 10.3 Å². The first kappa shape index (κ1) is 15.5. The number of hydrogen-bond donors (Lipinski definition) is 0. The van der Waals surface area contributed by atoms with Crippen molar-refractivity contribution in [2.45, 2.75) is 19.3 Å². The molecule has 0 atom stereocenters. The standard InChI is InChI=1S/C15H21FN4OS/c16-13-10-17-15(18-11-13)20-3-1-12(2-4-20)9-14(21)19-5-7-22-8-6-19/h10-12H,1-9H2. The summed E-state index contributed by atoms with van der Waals surface area (Å²) in [5, 5.41) is 0. The van der Waals surface area contributed by atoms with Gasteiger partial charge in [0.25, 0.3) is 0 Å². The molecule has 2 saturated heterocycles. The molecule has 1 aromatic heterocycles. The molecule has 120 valence electrons. The summed E-state index contributed by atoms with van der Waals surface area (Å²) in [6.45, 7) is 3.45. The first-order valence-electron chi connectivity index (χ1n) is 7.80. The first-order chi connectivity index (χ1) is 10.7. The van der Waals surface area contributed by atoms with Crippen LogP contribution < -0.4 is 4.90 Å². The molecule has 0 radical (unpaired) electrons. The zero-order valence-electron chi connectivity index (χ0n) is 12.6. The van der Waals surface area contributed by atoms with Crippen LogP contribution in [0.3, 0.4) is 0 Å². The largest absolute Gasteiger partial charge is 0.341 e. The summed E-state index contributed by atoms with van der Waals surface area (Å²) >= 11 is 1.92. The Hall–Kier alpha value is -1.37. The Morgan fingerprint density at radius 3 is 2.45 bits per heavy atom. The summed E-state index contributed by atoms with van der Waals surface area (Å²) in [4.78, 5) is 24.4. The van der Waals surface area contributed by atoms with Gasteiger partial charge in [-0.05, 0) is 18.8 Å². The Bertz CT molecular complexity index is 499. The van der Waals surface area contributed by atoms with E-state index in [0.29, 0.717) is 24.2 Å². The molecule has 0 aliphatic carbocycles. The van der Waals surface area contributed by atoms with Crippen molar-refractivity contribution in [1.29, 1.82) is 0 Å². The van der Waals surface area contributed by atoms with Gasteiger partial charge in [0.2, 0.25) is 11.9 Å². The van der Waals surface area contributed by atoms with Crippen LogP contribution in [0, 0.1) is 11.7 Å². The maximum absolute atomic E-state index is 12.8. The van der Waals surface area contributed by atoms with Gasteiger partial charge >= 0.3 is 0 Å². The lowest BCUT2D eigenvalue weighted by atomic mass is 9.93. The number of thioether (sulfide) groups is 1. The third-order valence-electron chi connectivity index (χ3n) is 4.33. The number of halogens is 1. The number of amides is 1. The minimum atomic E-state index is -0.413. The van der Waals surface area contributed by atoms with Crippen molar-refractivity contribution in [2.75, 3.05) is 42.6 Å². The van der Waals surface area contributed by atoms with Crippen molar-refractivity contribution in [3.63, 3.8) is 0 Å². The predicted molar refractivity (Wildman–Crippen MR) is 85.4 cm³/mol. The van der Waals surface area contributed by atoms with Crippen LogP contribution in [0.25, 0.3) is 0 Å². The molecule has 3 heterocycles. The minimum Gasteiger partial charge on any atom is -0.341 e. The highest BCUT2D eigenvalue weighted by molar-refractivity contribution is 7.99. The number of rotatable bonds is 3. The van der Waals surface area contributed by atoms with Crippen molar-refractivity contribution in [3.8, 4) is 0 Å². The van der Waals surface area contributed by atoms with E-state index >= 15 is 0 Å². The second-order valence-corrected chi connectivity index (χ2v) is 7.05. The van der Waals surface area contributed by atoms with Crippen molar-refractivity contribution in [1.82, 2.24) is 14.9 Å². The van der Waals surface area contributed by atoms with Gasteiger partial charge in [0.15, 0.2) is 5.82 Å². The quantitative estimate of drug-likeness (QED) is 0.848. The highest BCUT2D eigenvalue weighted by Gasteiger charge is 2.25. The summed E-state index contributed by atoms with van der Waals surface area (Å²) in [6.07, 6.45) is 4.99. The summed E-state index contributed by atoms with van der Waals surface area (Å²) in [5.74, 6) is 3.04. The van der Waals surface area contributed by atoms with Crippen molar-refractivity contribution in [3.05, 3.63) is 18.2 Å². The van der Waals surface area contributed by atoms with Crippen molar-refractivity contribution < 1.29 is 9.18 Å². The molecule has 0 saturated carbocycles. The fourth-order valence-corrected chi connectivity index (χ4v) is 3.90. The Morgan fingerprint density at radius 2 is 1.82 bits per heavy atom. The summed E-state index contributed by atoms with van der Waals surface area (Å²) < 4.78 is 12.8. The third kappa shape index (κ3) is 3.88. The van der Waals surface area contributed by atoms with Gasteiger partial charge in [-0.15, -0.1) is 0 Å². The molecule has 0 bridgehead atoms. The Morgan fingerprint density at radius 1 is 1.18 bits per heavy atom. The fourth-order valence-electron chi connectivity index (χ4n) is 2.99. The zero-order valence-corrected chi connectivity index (χ0v) is 13.4. The van der Waals surface area contributed by atoms with E-state index in [1.54, 1.807) is 0 Å². The number of nitrogens with zero attached hydrogens (tertiary/aromatic N) is 4. The van der Waals surface area contributed by atoms with E-state index in [9.17, 15) is 9.18 Å². The zero-order chi connectivity index (χ0) is 15.4. The average Bonchev–Trinajstić information content (AvgIpc) is 2.57. The molecule has 1 aromatic rings. The fraction of sp³-hybridized carbons (Fsp3) is 0.667. The van der Waals surface area contributed by atoms with E-state index in [-0.39, 0.29) is 0 Å². The van der Waals surface area contributed by atoms with Crippen LogP contribution in [-0.4, -0.2) is 58.5 Å². The SMILES string of the molecule is O=C(CC1CCN(c2ncc(F)cn2)CC1)N1CCSCC1. The molecule has 0 aromatic carbocycles. The van der Waals surface area contributed by atoms with E-state index in [4.69, 9.17) is 0 Å². The lowest BCUT2D eigenvalue weighted by molar-refractivity contribution is -0.132.